The molecule has 2 atom stereocenters. The van der Waals surface area contributed by atoms with Crippen LogP contribution < -0.4 is 14.4 Å². The first-order valence-corrected chi connectivity index (χ1v) is 23.2. The molecule has 0 saturated heterocycles. The number of nitrogens with zero attached hydrogens (tertiary/aromatic N) is 2. The van der Waals surface area contributed by atoms with Gasteiger partial charge in [-0.15, -0.1) is 0 Å². The summed E-state index contributed by atoms with van der Waals surface area (Å²) in [5.41, 5.74) is 10.6. The van der Waals surface area contributed by atoms with E-state index in [1.807, 2.05) is 60.7 Å². The Morgan fingerprint density at radius 2 is 1.21 bits per heavy atom. The molecule has 2 aliphatic heterocycles. The second-order valence-electron chi connectivity index (χ2n) is 17.1. The highest BCUT2D eigenvalue weighted by Crippen LogP contribution is 2.51. The molecule has 2 heterocycles. The zero-order valence-corrected chi connectivity index (χ0v) is 38.1. The maximum Gasteiger partial charge on any atom is 0.210 e. The van der Waals surface area contributed by atoms with Gasteiger partial charge in [0.05, 0.1) is 12.0 Å². The summed E-state index contributed by atoms with van der Waals surface area (Å²) in [6.45, 7) is 12.3. The molecule has 0 radical (unpaired) electrons. The molecule has 0 spiro atoms. The quantitative estimate of drug-likeness (QED) is 0.0852. The smallest absolute Gasteiger partial charge is 0.210 e. The van der Waals surface area contributed by atoms with Crippen molar-refractivity contribution in [3.8, 4) is 11.5 Å². The Morgan fingerprint density at radius 3 is 1.85 bits per heavy atom. The third kappa shape index (κ3) is 7.86. The predicted molar refractivity (Wildman–Crippen MR) is 264 cm³/mol. The Kier molecular flexibility index (Phi) is 11.8. The Balaban J connectivity index is 1.07. The average Bonchev–Trinajstić information content (AvgIpc) is 3.66. The van der Waals surface area contributed by atoms with Crippen molar-refractivity contribution in [1.82, 2.24) is 0 Å². The molecule has 6 aromatic carbocycles. The van der Waals surface area contributed by atoms with Crippen molar-refractivity contribution in [1.29, 1.82) is 0 Å². The van der Waals surface area contributed by atoms with E-state index in [1.165, 1.54) is 70.2 Å². The van der Waals surface area contributed by atoms with Gasteiger partial charge >= 0.3 is 0 Å². The van der Waals surface area contributed by atoms with Crippen molar-refractivity contribution >= 4 is 61.2 Å². The number of ether oxygens (including phenoxy) is 2. The largest absolute Gasteiger partial charge is 0.492 e. The third-order valence-electron chi connectivity index (χ3n) is 13.6. The van der Waals surface area contributed by atoms with Gasteiger partial charge in [-0.25, -0.2) is 0 Å². The van der Waals surface area contributed by atoms with Gasteiger partial charge < -0.3 is 14.4 Å². The van der Waals surface area contributed by atoms with Crippen LogP contribution in [0.1, 0.15) is 70.9 Å². The predicted octanol–water partition coefficient (Wildman–Crippen LogP) is 14.3. The van der Waals surface area contributed by atoms with Crippen LogP contribution in [0.15, 0.2) is 178 Å². The molecule has 0 aromatic heterocycles. The summed E-state index contributed by atoms with van der Waals surface area (Å²) in [5, 5.41) is 5.13. The zero-order valence-electron chi connectivity index (χ0n) is 36.0. The van der Waals surface area contributed by atoms with Crippen LogP contribution in [0.2, 0.25) is 0 Å². The van der Waals surface area contributed by atoms with Gasteiger partial charge in [-0.1, -0.05) is 111 Å². The normalized spacial score (nSPS) is 21.4. The lowest BCUT2D eigenvalue weighted by Crippen LogP contribution is -2.31. The fraction of sp³-hybridized carbons (Fsp3) is 0.268. The lowest BCUT2D eigenvalue weighted by molar-refractivity contribution is -0.439. The van der Waals surface area contributed by atoms with Crippen LogP contribution in [0.5, 0.6) is 11.5 Å². The summed E-state index contributed by atoms with van der Waals surface area (Å²) >= 11 is 2.63. The van der Waals surface area contributed by atoms with Gasteiger partial charge in [0.15, 0.2) is 12.3 Å². The average molecular weight is 916 g/mol. The second kappa shape index (κ2) is 17.5. The zero-order chi connectivity index (χ0) is 42.0. The molecule has 3 aliphatic rings. The number of allylic oxidation sites excluding steroid dienone is 8. The summed E-state index contributed by atoms with van der Waals surface area (Å²) in [7, 11) is 0. The van der Waals surface area contributed by atoms with Gasteiger partial charge in [0.25, 0.3) is 0 Å². The van der Waals surface area contributed by atoms with Gasteiger partial charge in [0.1, 0.15) is 24.7 Å². The maximum absolute atomic E-state index is 6.31. The summed E-state index contributed by atoms with van der Waals surface area (Å²) in [6, 6.07) is 47.6. The topological polar surface area (TPSA) is 24.7 Å². The first-order chi connectivity index (χ1) is 29.8. The monoisotopic (exact) mass is 915 g/mol. The molecule has 0 amide bonds. The maximum atomic E-state index is 6.31. The Hall–Kier alpha value is -5.40. The number of anilines is 1. The van der Waals surface area contributed by atoms with E-state index in [2.05, 4.69) is 157 Å². The molecule has 5 heteroatoms. The summed E-state index contributed by atoms with van der Waals surface area (Å²) in [5.74, 6) is 1.81. The van der Waals surface area contributed by atoms with Gasteiger partial charge in [0.2, 0.25) is 5.69 Å². The minimum atomic E-state index is -0.132. The van der Waals surface area contributed by atoms with Crippen LogP contribution in [0, 0.1) is 0 Å². The highest BCUT2D eigenvalue weighted by Gasteiger charge is 2.47. The second-order valence-corrected chi connectivity index (χ2v) is 18.2. The standard InChI is InChI=1S/C56H56IN2O2/c1-5-55(3)48-36-42-18-13-15-20-44(42)38-50(48)58(32-34-60-46-24-9-7-10-25-46)52(55)30-28-40-22-17-23-41(54(40)57)29-31-53-56(4,6-2)49-37-43-19-14-16-21-45(43)39-51(49)59(53)33-35-61-47-26-11-8-12-27-47/h7-16,18-21,24-31,36-39H,5-6,17,22-23,32-35H2,1-4H3/q+1. The van der Waals surface area contributed by atoms with Crippen molar-refractivity contribution < 1.29 is 14.0 Å². The van der Waals surface area contributed by atoms with E-state index in [1.54, 1.807) is 0 Å². The van der Waals surface area contributed by atoms with Crippen molar-refractivity contribution in [3.05, 3.63) is 189 Å². The number of para-hydroxylation sites is 2. The fourth-order valence-corrected chi connectivity index (χ4v) is 10.7. The van der Waals surface area contributed by atoms with E-state index < -0.39 is 0 Å². The highest BCUT2D eigenvalue weighted by molar-refractivity contribution is 14.1. The molecule has 0 saturated carbocycles. The van der Waals surface area contributed by atoms with Crippen LogP contribution in [0.25, 0.3) is 21.5 Å². The fourth-order valence-electron chi connectivity index (χ4n) is 9.80. The van der Waals surface area contributed by atoms with Crippen LogP contribution in [-0.2, 0) is 10.8 Å². The van der Waals surface area contributed by atoms with E-state index >= 15 is 0 Å². The lowest BCUT2D eigenvalue weighted by Gasteiger charge is -2.29. The van der Waals surface area contributed by atoms with Crippen molar-refractivity contribution in [2.24, 2.45) is 0 Å². The SMILES string of the molecule is CCC1(C)C(/C=C/C2=C(I)C(=C/C=C3/N(CCOc4ccccc4)c4cc5ccccc5cc4C3(C)CC)/CCC2)=[N+](CCOc2ccccc2)c2cc3ccccc3cc21. The molecular weight excluding hydrogens is 860 g/mol. The number of rotatable bonds is 13. The molecule has 1 aliphatic carbocycles. The van der Waals surface area contributed by atoms with E-state index in [9.17, 15) is 0 Å². The molecule has 61 heavy (non-hydrogen) atoms. The Bertz CT molecular complexity index is 2750. The van der Waals surface area contributed by atoms with Crippen molar-refractivity contribution in [2.75, 3.05) is 31.2 Å². The summed E-state index contributed by atoms with van der Waals surface area (Å²) < 4.78 is 16.5. The van der Waals surface area contributed by atoms with E-state index in [-0.39, 0.29) is 10.8 Å². The highest BCUT2D eigenvalue weighted by atomic mass is 127. The molecule has 0 bridgehead atoms. The van der Waals surface area contributed by atoms with Gasteiger partial charge in [-0.2, -0.15) is 4.58 Å². The number of hydrogen-bond acceptors (Lipinski definition) is 3. The van der Waals surface area contributed by atoms with Gasteiger partial charge in [-0.3, -0.25) is 0 Å². The summed E-state index contributed by atoms with van der Waals surface area (Å²) in [4.78, 5) is 2.53. The molecule has 6 aromatic rings. The molecule has 0 fully saturated rings. The van der Waals surface area contributed by atoms with E-state index in [0.29, 0.717) is 13.2 Å². The third-order valence-corrected chi connectivity index (χ3v) is 15.0. The number of hydrogen-bond donors (Lipinski definition) is 0. The van der Waals surface area contributed by atoms with Crippen molar-refractivity contribution in [3.63, 3.8) is 0 Å². The Morgan fingerprint density at radius 1 is 0.639 bits per heavy atom. The van der Waals surface area contributed by atoms with E-state index in [0.717, 1.165) is 56.7 Å². The lowest BCUT2D eigenvalue weighted by atomic mass is 9.76. The number of benzene rings is 6. The van der Waals surface area contributed by atoms with Crippen LogP contribution in [0.3, 0.4) is 0 Å². The molecule has 2 unspecified atom stereocenters. The minimum absolute atomic E-state index is 0.132. The molecule has 0 N–H and O–H groups in total. The molecule has 9 rings (SSSR count). The molecule has 4 nitrogen and oxygen atoms in total. The van der Waals surface area contributed by atoms with Crippen LogP contribution in [0.4, 0.5) is 11.4 Å². The van der Waals surface area contributed by atoms with Gasteiger partial charge in [0, 0.05) is 38.1 Å². The van der Waals surface area contributed by atoms with Crippen molar-refractivity contribution in [2.45, 2.75) is 70.6 Å². The molecular formula is C56H56IN2O2+. The molecule has 308 valence electrons. The Labute approximate surface area is 375 Å². The van der Waals surface area contributed by atoms with Gasteiger partial charge in [-0.05, 0) is 155 Å². The number of halogens is 1. The number of fused-ring (bicyclic) bond motifs is 4. The van der Waals surface area contributed by atoms with E-state index in [4.69, 9.17) is 9.47 Å². The summed E-state index contributed by atoms with van der Waals surface area (Å²) in [6.07, 6.45) is 15.0. The minimum Gasteiger partial charge on any atom is -0.492 e. The first kappa shape index (κ1) is 41.0. The van der Waals surface area contributed by atoms with Crippen LogP contribution in [-0.4, -0.2) is 36.6 Å². The first-order valence-electron chi connectivity index (χ1n) is 22.1. The van der Waals surface area contributed by atoms with Crippen LogP contribution >= 0.6 is 22.6 Å².